The summed E-state index contributed by atoms with van der Waals surface area (Å²) in [6.07, 6.45) is -1.15. The lowest BCUT2D eigenvalue weighted by Crippen LogP contribution is -2.57. The second-order valence-electron chi connectivity index (χ2n) is 5.44. The van der Waals surface area contributed by atoms with Crippen LogP contribution in [0.4, 0.5) is 4.79 Å². The van der Waals surface area contributed by atoms with E-state index in [0.717, 1.165) is 0 Å². The average molecular weight is 286 g/mol. The normalized spacial score (nSPS) is 17.1. The standard InChI is InChI=1S/C12H18N2O6/c1-7(10(17)18)13(11(19)20-12(2,3)4)14-8(15)5-6-9(14)16/h7H,5-6H2,1-4H3,(H,17,18)/t7-/m0/s1. The lowest BCUT2D eigenvalue weighted by Gasteiger charge is -2.34. The Balaban J connectivity index is 3.09. The zero-order chi connectivity index (χ0) is 15.7. The number of hydrogen-bond donors (Lipinski definition) is 1. The molecule has 1 atom stereocenters. The molecule has 8 nitrogen and oxygen atoms in total. The Kier molecular flexibility index (Phi) is 4.36. The van der Waals surface area contributed by atoms with E-state index in [-0.39, 0.29) is 12.8 Å². The van der Waals surface area contributed by atoms with E-state index in [4.69, 9.17) is 9.84 Å². The molecular formula is C12H18N2O6. The van der Waals surface area contributed by atoms with Crippen LogP contribution in [0.1, 0.15) is 40.5 Å². The third kappa shape index (κ3) is 3.46. The average Bonchev–Trinajstić information content (AvgIpc) is 2.58. The van der Waals surface area contributed by atoms with Crippen molar-refractivity contribution in [3.63, 3.8) is 0 Å². The molecule has 1 N–H and O–H groups in total. The van der Waals surface area contributed by atoms with Crippen molar-refractivity contribution in [2.24, 2.45) is 0 Å². The van der Waals surface area contributed by atoms with Gasteiger partial charge < -0.3 is 9.84 Å². The monoisotopic (exact) mass is 286 g/mol. The van der Waals surface area contributed by atoms with Gasteiger partial charge >= 0.3 is 12.1 Å². The first kappa shape index (κ1) is 15.9. The van der Waals surface area contributed by atoms with Gasteiger partial charge in [-0.3, -0.25) is 9.59 Å². The summed E-state index contributed by atoms with van der Waals surface area (Å²) in [4.78, 5) is 46.5. The summed E-state index contributed by atoms with van der Waals surface area (Å²) in [7, 11) is 0. The maximum atomic E-state index is 12.1. The molecule has 0 spiro atoms. The molecule has 1 fully saturated rings. The van der Waals surface area contributed by atoms with Crippen molar-refractivity contribution < 1.29 is 29.0 Å². The van der Waals surface area contributed by atoms with Crippen LogP contribution < -0.4 is 0 Å². The molecule has 0 radical (unpaired) electrons. The number of rotatable bonds is 3. The van der Waals surface area contributed by atoms with Gasteiger partial charge in [-0.15, -0.1) is 0 Å². The first-order valence-electron chi connectivity index (χ1n) is 6.15. The van der Waals surface area contributed by atoms with E-state index in [1.165, 1.54) is 6.92 Å². The van der Waals surface area contributed by atoms with Gasteiger partial charge in [-0.1, -0.05) is 0 Å². The topological polar surface area (TPSA) is 104 Å². The molecule has 0 unspecified atom stereocenters. The van der Waals surface area contributed by atoms with Gasteiger partial charge in [0, 0.05) is 12.8 Å². The van der Waals surface area contributed by atoms with E-state index < -0.39 is 35.5 Å². The molecule has 0 aromatic carbocycles. The molecule has 1 rings (SSSR count). The SMILES string of the molecule is C[C@@H](C(=O)O)N(C(=O)OC(C)(C)C)N1C(=O)CCC1=O. The van der Waals surface area contributed by atoms with Gasteiger partial charge in [0.2, 0.25) is 11.8 Å². The van der Waals surface area contributed by atoms with Gasteiger partial charge in [-0.05, 0) is 27.7 Å². The Morgan fingerprint density at radius 1 is 1.25 bits per heavy atom. The van der Waals surface area contributed by atoms with Gasteiger partial charge in [0.15, 0.2) is 6.04 Å². The number of amides is 3. The molecule has 1 saturated heterocycles. The highest BCUT2D eigenvalue weighted by Crippen LogP contribution is 2.20. The summed E-state index contributed by atoms with van der Waals surface area (Å²) in [6, 6.07) is -1.39. The van der Waals surface area contributed by atoms with E-state index >= 15 is 0 Å². The van der Waals surface area contributed by atoms with Crippen molar-refractivity contribution in [2.45, 2.75) is 52.2 Å². The second-order valence-corrected chi connectivity index (χ2v) is 5.44. The number of carbonyl (C=O) groups excluding carboxylic acids is 3. The first-order chi connectivity index (χ1) is 9.04. The maximum absolute atomic E-state index is 12.1. The molecule has 8 heteroatoms. The number of hydrazine groups is 1. The summed E-state index contributed by atoms with van der Waals surface area (Å²) in [5.74, 6) is -2.58. The predicted molar refractivity (Wildman–Crippen MR) is 66.3 cm³/mol. The maximum Gasteiger partial charge on any atom is 0.430 e. The Morgan fingerprint density at radius 3 is 2.05 bits per heavy atom. The molecule has 1 heterocycles. The van der Waals surface area contributed by atoms with E-state index in [9.17, 15) is 19.2 Å². The predicted octanol–water partition coefficient (Wildman–Crippen LogP) is 0.761. The summed E-state index contributed by atoms with van der Waals surface area (Å²) < 4.78 is 5.06. The molecule has 1 aliphatic heterocycles. The van der Waals surface area contributed by atoms with Crippen molar-refractivity contribution in [1.82, 2.24) is 10.0 Å². The number of carboxylic acids is 1. The summed E-state index contributed by atoms with van der Waals surface area (Å²) >= 11 is 0. The highest BCUT2D eigenvalue weighted by molar-refractivity contribution is 6.03. The molecule has 3 amide bonds. The first-order valence-corrected chi connectivity index (χ1v) is 6.15. The molecule has 1 aliphatic rings. The smallest absolute Gasteiger partial charge is 0.430 e. The number of aliphatic carboxylic acids is 1. The number of nitrogens with zero attached hydrogens (tertiary/aromatic N) is 2. The van der Waals surface area contributed by atoms with Gasteiger partial charge in [-0.25, -0.2) is 9.59 Å². The Morgan fingerprint density at radius 2 is 1.70 bits per heavy atom. The number of ether oxygens (including phenoxy) is 1. The lowest BCUT2D eigenvalue weighted by molar-refractivity contribution is -0.165. The molecule has 0 aromatic rings. The van der Waals surface area contributed by atoms with E-state index in [0.29, 0.717) is 10.0 Å². The lowest BCUT2D eigenvalue weighted by atomic mass is 10.2. The number of imide groups is 1. The molecule has 0 aromatic heterocycles. The number of carboxylic acid groups (broad SMARTS) is 1. The van der Waals surface area contributed by atoms with Crippen LogP contribution in [0.3, 0.4) is 0 Å². The van der Waals surface area contributed by atoms with E-state index in [1.54, 1.807) is 20.8 Å². The third-order valence-electron chi connectivity index (χ3n) is 2.55. The molecular weight excluding hydrogens is 268 g/mol. The van der Waals surface area contributed by atoms with Gasteiger partial charge in [0.05, 0.1) is 0 Å². The minimum absolute atomic E-state index is 0.0511. The summed E-state index contributed by atoms with van der Waals surface area (Å²) in [6.45, 7) is 6.00. The quantitative estimate of drug-likeness (QED) is 0.768. The summed E-state index contributed by atoms with van der Waals surface area (Å²) in [5, 5.41) is 10.2. The molecule has 112 valence electrons. The molecule has 0 saturated carbocycles. The Hall–Kier alpha value is -2.12. The van der Waals surface area contributed by atoms with Crippen molar-refractivity contribution >= 4 is 23.9 Å². The van der Waals surface area contributed by atoms with Crippen molar-refractivity contribution in [1.29, 1.82) is 0 Å². The fourth-order valence-corrected chi connectivity index (χ4v) is 1.63. The van der Waals surface area contributed by atoms with Crippen LogP contribution in [0, 0.1) is 0 Å². The largest absolute Gasteiger partial charge is 0.480 e. The van der Waals surface area contributed by atoms with Crippen molar-refractivity contribution in [3.05, 3.63) is 0 Å². The fourth-order valence-electron chi connectivity index (χ4n) is 1.63. The Bertz CT molecular complexity index is 437. The van der Waals surface area contributed by atoms with Crippen LogP contribution in [-0.4, -0.2) is 50.6 Å². The van der Waals surface area contributed by atoms with E-state index in [1.807, 2.05) is 0 Å². The van der Waals surface area contributed by atoms with Gasteiger partial charge in [-0.2, -0.15) is 10.0 Å². The highest BCUT2D eigenvalue weighted by atomic mass is 16.6. The third-order valence-corrected chi connectivity index (χ3v) is 2.55. The van der Waals surface area contributed by atoms with Crippen LogP contribution in [0.15, 0.2) is 0 Å². The van der Waals surface area contributed by atoms with E-state index in [2.05, 4.69) is 0 Å². The van der Waals surface area contributed by atoms with Crippen LogP contribution >= 0.6 is 0 Å². The zero-order valence-corrected chi connectivity index (χ0v) is 11.9. The van der Waals surface area contributed by atoms with Crippen LogP contribution in [0.5, 0.6) is 0 Å². The van der Waals surface area contributed by atoms with Crippen molar-refractivity contribution in [2.75, 3.05) is 0 Å². The zero-order valence-electron chi connectivity index (χ0n) is 11.9. The van der Waals surface area contributed by atoms with Crippen molar-refractivity contribution in [3.8, 4) is 0 Å². The molecule has 0 bridgehead atoms. The van der Waals surface area contributed by atoms with Gasteiger partial charge in [0.1, 0.15) is 5.60 Å². The summed E-state index contributed by atoms with van der Waals surface area (Å²) in [5.41, 5.74) is -0.876. The van der Waals surface area contributed by atoms with Gasteiger partial charge in [0.25, 0.3) is 0 Å². The number of carbonyl (C=O) groups is 4. The van der Waals surface area contributed by atoms with Crippen LogP contribution in [-0.2, 0) is 19.1 Å². The van der Waals surface area contributed by atoms with Crippen LogP contribution in [0.2, 0.25) is 0 Å². The molecule has 20 heavy (non-hydrogen) atoms. The molecule has 0 aliphatic carbocycles. The highest BCUT2D eigenvalue weighted by Gasteiger charge is 2.43. The minimum Gasteiger partial charge on any atom is -0.480 e. The Labute approximate surface area is 116 Å². The minimum atomic E-state index is -1.39. The number of hydrogen-bond acceptors (Lipinski definition) is 5. The fraction of sp³-hybridized carbons (Fsp3) is 0.667. The second kappa shape index (κ2) is 5.48. The van der Waals surface area contributed by atoms with Crippen LogP contribution in [0.25, 0.3) is 0 Å².